The summed E-state index contributed by atoms with van der Waals surface area (Å²) in [5.74, 6) is 1.01. The molecule has 11 heteroatoms. The second kappa shape index (κ2) is 10.8. The number of benzene rings is 1. The van der Waals surface area contributed by atoms with Crippen molar-refractivity contribution in [3.05, 3.63) is 23.8 Å². The lowest BCUT2D eigenvalue weighted by Crippen LogP contribution is -2.42. The van der Waals surface area contributed by atoms with Crippen molar-refractivity contribution >= 4 is 16.1 Å². The quantitative estimate of drug-likeness (QED) is 0.615. The number of piperidine rings is 1. The summed E-state index contributed by atoms with van der Waals surface area (Å²) in [6, 6.07) is 5.23. The van der Waals surface area contributed by atoms with Crippen LogP contribution in [0.4, 0.5) is 4.79 Å². The molecule has 4 rings (SSSR count). The molecule has 1 N–H and O–H groups in total. The van der Waals surface area contributed by atoms with Gasteiger partial charge in [0, 0.05) is 18.7 Å². The number of ether oxygens (including phenoxy) is 1. The van der Waals surface area contributed by atoms with Gasteiger partial charge in [0.25, 0.3) is 0 Å². The number of rotatable bonds is 6. The monoisotopic (exact) mass is 518 g/mol. The molecule has 36 heavy (non-hydrogen) atoms. The second-order valence-corrected chi connectivity index (χ2v) is 12.8. The van der Waals surface area contributed by atoms with E-state index in [0.717, 1.165) is 12.0 Å². The van der Waals surface area contributed by atoms with Crippen LogP contribution >= 0.6 is 0 Å². The van der Waals surface area contributed by atoms with Crippen LogP contribution in [0.1, 0.15) is 77.3 Å². The van der Waals surface area contributed by atoms with Crippen LogP contribution in [-0.4, -0.2) is 65.4 Å². The minimum atomic E-state index is -3.60. The topological polar surface area (TPSA) is 119 Å². The highest BCUT2D eigenvalue weighted by atomic mass is 32.2. The van der Waals surface area contributed by atoms with E-state index in [-0.39, 0.29) is 17.0 Å². The molecule has 0 radical (unpaired) electrons. The van der Waals surface area contributed by atoms with Gasteiger partial charge >= 0.3 is 6.09 Å². The lowest BCUT2D eigenvalue weighted by atomic mass is 9.84. The average molecular weight is 519 g/mol. The maximum Gasteiger partial charge on any atom is 0.410 e. The van der Waals surface area contributed by atoms with E-state index in [1.54, 1.807) is 21.8 Å². The van der Waals surface area contributed by atoms with Gasteiger partial charge < -0.3 is 9.64 Å². The molecule has 0 unspecified atom stereocenters. The third-order valence-corrected chi connectivity index (χ3v) is 8.42. The van der Waals surface area contributed by atoms with Crippen molar-refractivity contribution in [3.8, 4) is 11.4 Å². The van der Waals surface area contributed by atoms with E-state index >= 15 is 0 Å². The maximum absolute atomic E-state index is 12.5. The Bertz CT molecular complexity index is 1160. The van der Waals surface area contributed by atoms with Crippen molar-refractivity contribution in [1.82, 2.24) is 29.8 Å². The molecular formula is C25H38N6O4S. The Morgan fingerprint density at radius 3 is 2.44 bits per heavy atom. The molecule has 0 bridgehead atoms. The number of hydrogen-bond donors (Lipinski definition) is 1. The third kappa shape index (κ3) is 6.42. The molecule has 2 fully saturated rings. The molecule has 2 aromatic rings. The first-order chi connectivity index (χ1) is 17.1. The van der Waals surface area contributed by atoms with E-state index in [0.29, 0.717) is 43.2 Å². The Hall–Kier alpha value is -2.53. The molecule has 1 aromatic heterocycles. The van der Waals surface area contributed by atoms with E-state index in [2.05, 4.69) is 20.1 Å². The van der Waals surface area contributed by atoms with Gasteiger partial charge in [0.1, 0.15) is 5.60 Å². The van der Waals surface area contributed by atoms with Gasteiger partial charge in [-0.05, 0) is 75.9 Å². The predicted octanol–water partition coefficient (Wildman–Crippen LogP) is 3.94. The van der Waals surface area contributed by atoms with Gasteiger partial charge in [-0.15, -0.1) is 10.2 Å². The fraction of sp³-hybridized carbons (Fsp3) is 0.680. The SMILES string of the molecule is CNS(=O)(=O)c1ccc(CC2CCCCC2)c(-c2nnn(C3CCN(C(=O)OC(C)(C)C)CC3)n2)c1. The van der Waals surface area contributed by atoms with Crippen LogP contribution in [-0.2, 0) is 21.2 Å². The first-order valence-electron chi connectivity index (χ1n) is 12.9. The zero-order chi connectivity index (χ0) is 25.9. The number of amides is 1. The number of tetrazole rings is 1. The standard InChI is InChI=1S/C25H38N6O4S/c1-25(2,3)35-24(32)30-14-12-20(13-15-30)31-28-23(27-29-31)22-17-21(36(33,34)26-4)11-10-19(22)16-18-8-6-5-7-9-18/h10-11,17-18,20,26H,5-9,12-16H2,1-4H3. The highest BCUT2D eigenvalue weighted by Crippen LogP contribution is 2.32. The van der Waals surface area contributed by atoms with Crippen LogP contribution in [0.15, 0.2) is 23.1 Å². The fourth-order valence-corrected chi connectivity index (χ4v) is 5.78. The summed E-state index contributed by atoms with van der Waals surface area (Å²) >= 11 is 0. The van der Waals surface area contributed by atoms with E-state index in [1.165, 1.54) is 39.2 Å². The average Bonchev–Trinajstić information content (AvgIpc) is 3.34. The molecule has 1 aliphatic heterocycles. The van der Waals surface area contributed by atoms with E-state index in [1.807, 2.05) is 26.8 Å². The number of nitrogens with zero attached hydrogens (tertiary/aromatic N) is 5. The maximum atomic E-state index is 12.5. The number of sulfonamides is 1. The summed E-state index contributed by atoms with van der Waals surface area (Å²) in [6.45, 7) is 6.69. The normalized spacial score (nSPS) is 18.4. The molecule has 0 atom stereocenters. The predicted molar refractivity (Wildman–Crippen MR) is 136 cm³/mol. The first kappa shape index (κ1) is 26.5. The van der Waals surface area contributed by atoms with Crippen molar-refractivity contribution in [2.45, 2.75) is 88.7 Å². The van der Waals surface area contributed by atoms with Crippen molar-refractivity contribution in [1.29, 1.82) is 0 Å². The number of aromatic nitrogens is 4. The largest absolute Gasteiger partial charge is 0.444 e. The number of carbonyl (C=O) groups excluding carboxylic acids is 1. The molecule has 2 heterocycles. The smallest absolute Gasteiger partial charge is 0.410 e. The number of carbonyl (C=O) groups is 1. The highest BCUT2D eigenvalue weighted by Gasteiger charge is 2.29. The molecule has 1 saturated heterocycles. The Kier molecular flexibility index (Phi) is 7.99. The fourth-order valence-electron chi connectivity index (χ4n) is 5.02. The van der Waals surface area contributed by atoms with Gasteiger partial charge in [-0.25, -0.2) is 17.9 Å². The van der Waals surface area contributed by atoms with Gasteiger partial charge in [0.2, 0.25) is 15.8 Å². The molecule has 2 aliphatic rings. The lowest BCUT2D eigenvalue weighted by Gasteiger charge is -2.32. The van der Waals surface area contributed by atoms with E-state index in [9.17, 15) is 13.2 Å². The lowest BCUT2D eigenvalue weighted by molar-refractivity contribution is 0.0179. The Morgan fingerprint density at radius 2 is 1.81 bits per heavy atom. The van der Waals surface area contributed by atoms with Crippen LogP contribution in [0, 0.1) is 5.92 Å². The number of hydrogen-bond acceptors (Lipinski definition) is 7. The molecule has 1 aliphatic carbocycles. The first-order valence-corrected chi connectivity index (χ1v) is 14.4. The highest BCUT2D eigenvalue weighted by molar-refractivity contribution is 7.89. The molecule has 10 nitrogen and oxygen atoms in total. The Morgan fingerprint density at radius 1 is 1.11 bits per heavy atom. The summed E-state index contributed by atoms with van der Waals surface area (Å²) in [7, 11) is -2.20. The summed E-state index contributed by atoms with van der Waals surface area (Å²) in [6.07, 6.45) is 8.09. The van der Waals surface area contributed by atoms with Crippen LogP contribution in [0.3, 0.4) is 0 Å². The van der Waals surface area contributed by atoms with Crippen LogP contribution in [0.25, 0.3) is 11.4 Å². The van der Waals surface area contributed by atoms with Gasteiger partial charge in [-0.1, -0.05) is 38.2 Å². The minimum absolute atomic E-state index is 0.0101. The Balaban J connectivity index is 1.53. The van der Waals surface area contributed by atoms with Crippen molar-refractivity contribution in [3.63, 3.8) is 0 Å². The van der Waals surface area contributed by atoms with Gasteiger partial charge in [-0.2, -0.15) is 4.80 Å². The summed E-state index contributed by atoms with van der Waals surface area (Å²) in [5, 5.41) is 13.3. The van der Waals surface area contributed by atoms with Gasteiger partial charge in [0.05, 0.1) is 10.9 Å². The van der Waals surface area contributed by atoms with E-state index in [4.69, 9.17) is 4.74 Å². The summed E-state index contributed by atoms with van der Waals surface area (Å²) in [4.78, 5) is 15.9. The second-order valence-electron chi connectivity index (χ2n) is 10.9. The van der Waals surface area contributed by atoms with E-state index < -0.39 is 15.6 Å². The van der Waals surface area contributed by atoms with Crippen molar-refractivity contribution in [2.24, 2.45) is 5.92 Å². The van der Waals surface area contributed by atoms with Crippen molar-refractivity contribution < 1.29 is 17.9 Å². The number of likely N-dealkylation sites (tertiary alicyclic amines) is 1. The van der Waals surface area contributed by atoms with Crippen LogP contribution < -0.4 is 4.72 Å². The zero-order valence-electron chi connectivity index (χ0n) is 21.7. The molecule has 1 amide bonds. The molecule has 198 valence electrons. The summed E-state index contributed by atoms with van der Waals surface area (Å²) < 4.78 is 32.9. The summed E-state index contributed by atoms with van der Waals surface area (Å²) in [5.41, 5.74) is 1.24. The van der Waals surface area contributed by atoms with Gasteiger partial charge in [0.15, 0.2) is 0 Å². The molecular weight excluding hydrogens is 480 g/mol. The third-order valence-electron chi connectivity index (χ3n) is 7.01. The van der Waals surface area contributed by atoms with Crippen LogP contribution in [0.2, 0.25) is 0 Å². The number of nitrogens with one attached hydrogen (secondary N) is 1. The Labute approximate surface area is 213 Å². The van der Waals surface area contributed by atoms with Crippen molar-refractivity contribution in [2.75, 3.05) is 20.1 Å². The minimum Gasteiger partial charge on any atom is -0.444 e. The molecule has 0 spiro atoms. The molecule has 1 aromatic carbocycles. The molecule has 1 saturated carbocycles. The van der Waals surface area contributed by atoms with Crippen LogP contribution in [0.5, 0.6) is 0 Å². The van der Waals surface area contributed by atoms with Gasteiger partial charge in [-0.3, -0.25) is 0 Å². The zero-order valence-corrected chi connectivity index (χ0v) is 22.6.